The molecule has 4 aromatic carbocycles. The molecule has 2 atom stereocenters. The van der Waals surface area contributed by atoms with Crippen molar-refractivity contribution in [2.45, 2.75) is 82.7 Å². The van der Waals surface area contributed by atoms with E-state index in [-0.39, 0.29) is 5.41 Å². The summed E-state index contributed by atoms with van der Waals surface area (Å²) < 4.78 is 4.20. The molecule has 1 aliphatic heterocycles. The van der Waals surface area contributed by atoms with Gasteiger partial charge in [0.2, 0.25) is 0 Å². The summed E-state index contributed by atoms with van der Waals surface area (Å²) in [4.78, 5) is 0. The molecule has 44 heavy (non-hydrogen) atoms. The average Bonchev–Trinajstić information content (AvgIpc) is 3.54. The molecule has 0 fully saturated rings. The minimum atomic E-state index is -3.15. The fourth-order valence-electron chi connectivity index (χ4n) is 10.1. The monoisotopic (exact) mass is 654 g/mol. The van der Waals surface area contributed by atoms with Crippen molar-refractivity contribution < 1.29 is 20.3 Å². The Kier molecular flexibility index (Phi) is 7.86. The maximum absolute atomic E-state index is 3.15. The molecule has 4 aromatic rings. The second kappa shape index (κ2) is 11.6. The first-order chi connectivity index (χ1) is 21.4. The first-order valence-electron chi connectivity index (χ1n) is 17.2. The summed E-state index contributed by atoms with van der Waals surface area (Å²) in [5.41, 5.74) is 18.7. The van der Waals surface area contributed by atoms with Crippen LogP contribution in [0.5, 0.6) is 0 Å². The fourth-order valence-corrected chi connectivity index (χ4v) is 28.6. The number of hydrogen-bond acceptors (Lipinski definition) is 0. The second-order valence-corrected chi connectivity index (χ2v) is 25.7. The topological polar surface area (TPSA) is 0 Å². The molecule has 3 aliphatic rings. The molecule has 0 spiro atoms. The van der Waals surface area contributed by atoms with Crippen LogP contribution in [0, 0.1) is 5.41 Å². The van der Waals surface area contributed by atoms with Crippen LogP contribution in [-0.4, -0.2) is 0 Å². The predicted molar refractivity (Wildman–Crippen MR) is 188 cm³/mol. The summed E-state index contributed by atoms with van der Waals surface area (Å²) in [6, 6.07) is 37.2. The van der Waals surface area contributed by atoms with E-state index in [1.165, 1.54) is 56.2 Å². The predicted octanol–water partition coefficient (Wildman–Crippen LogP) is 13.0. The molecule has 2 aliphatic carbocycles. The van der Waals surface area contributed by atoms with Gasteiger partial charge in [0.1, 0.15) is 0 Å². The van der Waals surface area contributed by atoms with Crippen molar-refractivity contribution in [3.05, 3.63) is 130 Å². The first-order valence-corrected chi connectivity index (χ1v) is 23.5. The van der Waals surface area contributed by atoms with Crippen molar-refractivity contribution in [2.75, 3.05) is 0 Å². The molecule has 0 amide bonds. The molecule has 224 valence electrons. The van der Waals surface area contributed by atoms with Crippen LogP contribution in [0.3, 0.4) is 0 Å². The normalized spacial score (nSPS) is 20.8. The second-order valence-electron chi connectivity index (χ2n) is 14.3. The number of hydrogen-bond donors (Lipinski definition) is 0. The van der Waals surface area contributed by atoms with Gasteiger partial charge in [0, 0.05) is 0 Å². The molecule has 4 bridgehead atoms. The van der Waals surface area contributed by atoms with Crippen molar-refractivity contribution in [3.8, 4) is 22.3 Å². The fraction of sp³-hybridized carbons (Fsp3) is 0.349. The van der Waals surface area contributed by atoms with Gasteiger partial charge in [-0.05, 0) is 0 Å². The van der Waals surface area contributed by atoms with Crippen molar-refractivity contribution in [1.82, 2.24) is 0 Å². The van der Waals surface area contributed by atoms with E-state index < -0.39 is 20.3 Å². The van der Waals surface area contributed by atoms with Crippen molar-refractivity contribution in [2.24, 2.45) is 5.41 Å². The maximum atomic E-state index is 2.57. The van der Waals surface area contributed by atoms with Crippen LogP contribution in [0.15, 0.2) is 108 Å². The Labute approximate surface area is 270 Å². The Balaban J connectivity index is 1.60. The Bertz CT molecular complexity index is 1640. The Morgan fingerprint density at radius 3 is 1.34 bits per heavy atom. The zero-order valence-corrected chi connectivity index (χ0v) is 30.1. The van der Waals surface area contributed by atoms with Crippen molar-refractivity contribution >= 4 is 11.1 Å². The van der Waals surface area contributed by atoms with Crippen LogP contribution in [0.2, 0.25) is 8.26 Å². The summed E-state index contributed by atoms with van der Waals surface area (Å²) in [6.07, 6.45) is 5.30. The molecule has 1 heterocycles. The van der Waals surface area contributed by atoms with Gasteiger partial charge in [-0.3, -0.25) is 0 Å². The van der Waals surface area contributed by atoms with Gasteiger partial charge in [-0.2, -0.15) is 0 Å². The van der Waals surface area contributed by atoms with Crippen LogP contribution in [-0.2, 0) is 20.3 Å². The average molecular weight is 656 g/mol. The van der Waals surface area contributed by atoms with Gasteiger partial charge in [0.25, 0.3) is 0 Å². The van der Waals surface area contributed by atoms with Gasteiger partial charge in [-0.25, -0.2) is 0 Å². The van der Waals surface area contributed by atoms with Crippen molar-refractivity contribution in [3.63, 3.8) is 0 Å². The Morgan fingerprint density at radius 2 is 0.955 bits per heavy atom. The van der Waals surface area contributed by atoms with Crippen molar-refractivity contribution in [1.29, 1.82) is 0 Å². The van der Waals surface area contributed by atoms with Crippen LogP contribution >= 0.6 is 0 Å². The third-order valence-electron chi connectivity index (χ3n) is 11.5. The molecule has 1 heteroatoms. The zero-order valence-electron chi connectivity index (χ0n) is 27.6. The number of allylic oxidation sites excluding steroid dienone is 4. The summed E-state index contributed by atoms with van der Waals surface area (Å²) in [5.74, 6) is 0. The van der Waals surface area contributed by atoms with Gasteiger partial charge >= 0.3 is 272 Å². The molecule has 0 radical (unpaired) electrons. The van der Waals surface area contributed by atoms with E-state index in [0.29, 0.717) is 7.25 Å². The number of unbranched alkanes of at least 4 members (excludes halogenated alkanes) is 2. The van der Waals surface area contributed by atoms with Gasteiger partial charge in [-0.1, -0.05) is 0 Å². The SMILES string of the molecule is CCC[CH2][Zr]1([CH2]CCC)[CH]2C(C)=C(c3c(-c4ccccc4)cccc32)C(C)(C)C2=C(C)[CH]1c1cccc(-c3ccccc3)c12. The van der Waals surface area contributed by atoms with Gasteiger partial charge in [0.15, 0.2) is 0 Å². The number of rotatable bonds is 8. The summed E-state index contributed by atoms with van der Waals surface area (Å²) in [5, 5.41) is 0. The zero-order chi connectivity index (χ0) is 30.6. The van der Waals surface area contributed by atoms with Crippen LogP contribution < -0.4 is 0 Å². The third kappa shape index (κ3) is 4.32. The number of benzene rings is 4. The van der Waals surface area contributed by atoms with E-state index in [1.54, 1.807) is 44.5 Å². The van der Waals surface area contributed by atoms with E-state index in [9.17, 15) is 0 Å². The summed E-state index contributed by atoms with van der Waals surface area (Å²) in [7, 11) is 0. The van der Waals surface area contributed by atoms with Gasteiger partial charge in [-0.15, -0.1) is 0 Å². The Morgan fingerprint density at radius 1 is 0.545 bits per heavy atom. The molecule has 0 nitrogen and oxygen atoms in total. The van der Waals surface area contributed by atoms with Gasteiger partial charge in [0.05, 0.1) is 0 Å². The van der Waals surface area contributed by atoms with E-state index in [1.807, 2.05) is 0 Å². The quantitative estimate of drug-likeness (QED) is 0.177. The van der Waals surface area contributed by atoms with Gasteiger partial charge < -0.3 is 0 Å². The van der Waals surface area contributed by atoms with E-state index in [0.717, 1.165) is 0 Å². The standard InChI is InChI=1S/C35H30.2C4H9.Zr/c1-23-21-27-17-11-19-29(25-13-7-5-8-14-25)31(27)33(23)35(3,4)34-24(2)22-28-18-12-20-30(32(28)34)26-15-9-6-10-16-26;2*1-3-4-2;/h5-22H,1-4H3;2*1,3-4H2,2H3;. The molecular weight excluding hydrogens is 608 g/mol. The van der Waals surface area contributed by atoms with E-state index in [4.69, 9.17) is 0 Å². The third-order valence-corrected chi connectivity index (χ3v) is 27.2. The minimum absolute atomic E-state index is 0.107. The molecule has 0 saturated heterocycles. The summed E-state index contributed by atoms with van der Waals surface area (Å²) in [6.45, 7) is 15.1. The van der Waals surface area contributed by atoms with Crippen LogP contribution in [0.25, 0.3) is 33.4 Å². The molecule has 0 N–H and O–H groups in total. The van der Waals surface area contributed by atoms with Crippen LogP contribution in [0.4, 0.5) is 0 Å². The van der Waals surface area contributed by atoms with Crippen LogP contribution in [0.1, 0.15) is 96.7 Å². The molecule has 0 aromatic heterocycles. The molecular formula is C43H48Zr. The summed E-state index contributed by atoms with van der Waals surface area (Å²) >= 11 is -3.15. The first kappa shape index (κ1) is 29.9. The molecule has 0 saturated carbocycles. The number of fused-ring (bicyclic) bond motifs is 8. The molecule has 7 rings (SSSR count). The van der Waals surface area contributed by atoms with E-state index >= 15 is 0 Å². The molecule has 2 unspecified atom stereocenters. The Hall–Kier alpha value is -2.76. The van der Waals surface area contributed by atoms with E-state index in [2.05, 4.69) is 139 Å².